The zero-order chi connectivity index (χ0) is 9.90. The lowest BCUT2D eigenvalue weighted by Gasteiger charge is -2.11. The highest BCUT2D eigenvalue weighted by atomic mass is 32.2. The van der Waals surface area contributed by atoms with Crippen LogP contribution in [-0.2, 0) is 10.0 Å². The van der Waals surface area contributed by atoms with Crippen molar-refractivity contribution < 1.29 is 8.42 Å². The molecular weight excluding hydrogens is 188 g/mol. The van der Waals surface area contributed by atoms with Crippen LogP contribution in [0.4, 0.5) is 0 Å². The largest absolute Gasteiger partial charge is 0.316 e. The van der Waals surface area contributed by atoms with Crippen molar-refractivity contribution >= 4 is 10.0 Å². The minimum absolute atomic E-state index is 0.240. The van der Waals surface area contributed by atoms with Crippen molar-refractivity contribution in [3.63, 3.8) is 0 Å². The Morgan fingerprint density at radius 1 is 1.62 bits per heavy atom. The van der Waals surface area contributed by atoms with E-state index in [1.54, 1.807) is 12.2 Å². The summed E-state index contributed by atoms with van der Waals surface area (Å²) in [7, 11) is -1.69. The molecule has 0 spiro atoms. The average molecular weight is 202 g/mol. The molecule has 0 radical (unpaired) electrons. The fraction of sp³-hybridized carbons (Fsp3) is 0.500. The first-order valence-electron chi connectivity index (χ1n) is 4.11. The molecule has 1 rings (SSSR count). The van der Waals surface area contributed by atoms with Crippen molar-refractivity contribution in [1.82, 2.24) is 5.32 Å². The van der Waals surface area contributed by atoms with Gasteiger partial charge in [-0.05, 0) is 26.0 Å². The summed E-state index contributed by atoms with van der Waals surface area (Å²) < 4.78 is 22.0. The van der Waals surface area contributed by atoms with Crippen LogP contribution >= 0.6 is 0 Å². The zero-order valence-corrected chi connectivity index (χ0v) is 8.39. The van der Waals surface area contributed by atoms with Gasteiger partial charge in [-0.2, -0.15) is 0 Å². The van der Waals surface area contributed by atoms with E-state index in [0.29, 0.717) is 6.54 Å². The maximum atomic E-state index is 11.0. The first-order chi connectivity index (χ1) is 6.04. The highest BCUT2D eigenvalue weighted by molar-refractivity contribution is 7.93. The molecule has 0 atom stereocenters. The molecule has 0 aromatic rings. The quantitative estimate of drug-likeness (QED) is 0.681. The molecular formula is C8H14N2O2S. The molecule has 0 heterocycles. The van der Waals surface area contributed by atoms with Gasteiger partial charge in [-0.25, -0.2) is 13.6 Å². The van der Waals surface area contributed by atoms with Gasteiger partial charge in [-0.3, -0.25) is 0 Å². The molecule has 4 nitrogen and oxygen atoms in total. The van der Waals surface area contributed by atoms with Crippen molar-refractivity contribution in [2.75, 3.05) is 13.6 Å². The highest BCUT2D eigenvalue weighted by Gasteiger charge is 2.13. The van der Waals surface area contributed by atoms with Gasteiger partial charge in [0.05, 0.1) is 4.91 Å². The molecule has 0 bridgehead atoms. The number of hydrogen-bond acceptors (Lipinski definition) is 3. The average Bonchev–Trinajstić information content (AvgIpc) is 2.04. The molecule has 0 amide bonds. The molecule has 0 aliphatic heterocycles. The third-order valence-corrected chi connectivity index (χ3v) is 2.83. The number of rotatable bonds is 3. The molecule has 0 saturated heterocycles. The smallest absolute Gasteiger partial charge is 0.237 e. The fourth-order valence-corrected chi connectivity index (χ4v) is 1.98. The molecule has 0 aromatic heterocycles. The van der Waals surface area contributed by atoms with Crippen molar-refractivity contribution in [3.8, 4) is 0 Å². The third-order valence-electron chi connectivity index (χ3n) is 1.89. The van der Waals surface area contributed by atoms with Gasteiger partial charge in [-0.1, -0.05) is 11.6 Å². The Hall–Kier alpha value is -0.650. The van der Waals surface area contributed by atoms with E-state index in [-0.39, 0.29) is 4.91 Å². The summed E-state index contributed by atoms with van der Waals surface area (Å²) in [6.45, 7) is 0.715. The molecule has 74 valence electrons. The van der Waals surface area contributed by atoms with Gasteiger partial charge >= 0.3 is 0 Å². The summed E-state index contributed by atoms with van der Waals surface area (Å²) in [5, 5.41) is 7.99. The van der Waals surface area contributed by atoms with Gasteiger partial charge in [0, 0.05) is 6.54 Å². The molecule has 5 heteroatoms. The second kappa shape index (κ2) is 4.04. The van der Waals surface area contributed by atoms with Gasteiger partial charge in [0.25, 0.3) is 0 Å². The van der Waals surface area contributed by atoms with Crippen LogP contribution in [0.15, 0.2) is 22.6 Å². The number of nitrogens with two attached hydrogens (primary N) is 1. The van der Waals surface area contributed by atoms with Gasteiger partial charge in [0.1, 0.15) is 0 Å². The number of sulfonamides is 1. The van der Waals surface area contributed by atoms with Crippen LogP contribution in [0.25, 0.3) is 0 Å². The minimum atomic E-state index is -3.52. The molecule has 0 aromatic carbocycles. The van der Waals surface area contributed by atoms with Gasteiger partial charge < -0.3 is 5.32 Å². The number of likely N-dealkylation sites (N-methyl/N-ethyl adjacent to an activating group) is 1. The summed E-state index contributed by atoms with van der Waals surface area (Å²) in [5.41, 5.74) is 1.08. The van der Waals surface area contributed by atoms with Crippen molar-refractivity contribution in [2.45, 2.75) is 12.8 Å². The Morgan fingerprint density at radius 2 is 2.31 bits per heavy atom. The Morgan fingerprint density at radius 3 is 2.85 bits per heavy atom. The lowest BCUT2D eigenvalue weighted by molar-refractivity contribution is 0.604. The Bertz CT molecular complexity index is 341. The van der Waals surface area contributed by atoms with Crippen LogP contribution in [-0.4, -0.2) is 22.0 Å². The van der Waals surface area contributed by atoms with E-state index >= 15 is 0 Å². The molecule has 13 heavy (non-hydrogen) atoms. The van der Waals surface area contributed by atoms with Crippen LogP contribution in [0.5, 0.6) is 0 Å². The SMILES string of the molecule is CNCC1=CC(S(N)(=O)=O)=CCC1. The predicted molar refractivity (Wildman–Crippen MR) is 52.4 cm³/mol. The normalized spacial score (nSPS) is 18.0. The third kappa shape index (κ3) is 2.95. The maximum absolute atomic E-state index is 11.0. The van der Waals surface area contributed by atoms with Crippen molar-refractivity contribution in [3.05, 3.63) is 22.6 Å². The summed E-state index contributed by atoms with van der Waals surface area (Å²) in [4.78, 5) is 0.240. The van der Waals surface area contributed by atoms with Crippen LogP contribution in [0.1, 0.15) is 12.8 Å². The van der Waals surface area contributed by atoms with E-state index in [9.17, 15) is 8.42 Å². The number of primary sulfonamides is 1. The van der Waals surface area contributed by atoms with Crippen LogP contribution in [0.2, 0.25) is 0 Å². The summed E-state index contributed by atoms with van der Waals surface area (Å²) in [5.74, 6) is 0. The van der Waals surface area contributed by atoms with Gasteiger partial charge in [0.2, 0.25) is 10.0 Å². The van der Waals surface area contributed by atoms with E-state index in [0.717, 1.165) is 18.4 Å². The first-order valence-corrected chi connectivity index (χ1v) is 5.65. The highest BCUT2D eigenvalue weighted by Crippen LogP contribution is 2.18. The fourth-order valence-electron chi connectivity index (χ4n) is 1.30. The standard InChI is InChI=1S/C8H14N2O2S/c1-10-6-7-3-2-4-8(5-7)13(9,11)12/h4-5,10H,2-3,6H2,1H3,(H2,9,11,12). The molecule has 0 unspecified atom stereocenters. The second-order valence-corrected chi connectivity index (χ2v) is 4.58. The van der Waals surface area contributed by atoms with E-state index in [4.69, 9.17) is 5.14 Å². The maximum Gasteiger partial charge on any atom is 0.237 e. The Balaban J connectivity index is 2.85. The topological polar surface area (TPSA) is 72.2 Å². The lowest BCUT2D eigenvalue weighted by atomic mass is 10.1. The number of nitrogens with one attached hydrogen (secondary N) is 1. The number of hydrogen-bond donors (Lipinski definition) is 2. The monoisotopic (exact) mass is 202 g/mol. The first kappa shape index (κ1) is 10.4. The molecule has 0 fully saturated rings. The van der Waals surface area contributed by atoms with Crippen molar-refractivity contribution in [2.24, 2.45) is 5.14 Å². The zero-order valence-electron chi connectivity index (χ0n) is 7.58. The van der Waals surface area contributed by atoms with Gasteiger partial charge in [-0.15, -0.1) is 0 Å². The molecule has 0 saturated carbocycles. The molecule has 1 aliphatic rings. The Kier molecular flexibility index (Phi) is 3.24. The summed E-state index contributed by atoms with van der Waals surface area (Å²) in [6.07, 6.45) is 4.96. The van der Waals surface area contributed by atoms with E-state index in [1.165, 1.54) is 0 Å². The van der Waals surface area contributed by atoms with Crippen LogP contribution in [0.3, 0.4) is 0 Å². The van der Waals surface area contributed by atoms with Crippen LogP contribution in [0, 0.1) is 0 Å². The van der Waals surface area contributed by atoms with E-state index in [2.05, 4.69) is 5.32 Å². The Labute approximate surface area is 78.6 Å². The summed E-state index contributed by atoms with van der Waals surface area (Å²) >= 11 is 0. The molecule has 3 N–H and O–H groups in total. The molecule has 1 aliphatic carbocycles. The summed E-state index contributed by atoms with van der Waals surface area (Å²) in [6, 6.07) is 0. The van der Waals surface area contributed by atoms with E-state index < -0.39 is 10.0 Å². The van der Waals surface area contributed by atoms with Gasteiger partial charge in [0.15, 0.2) is 0 Å². The van der Waals surface area contributed by atoms with E-state index in [1.807, 2.05) is 7.05 Å². The second-order valence-electron chi connectivity index (χ2n) is 3.02. The minimum Gasteiger partial charge on any atom is -0.316 e. The van der Waals surface area contributed by atoms with Crippen molar-refractivity contribution in [1.29, 1.82) is 0 Å². The number of allylic oxidation sites excluding steroid dienone is 2. The lowest BCUT2D eigenvalue weighted by Crippen LogP contribution is -2.17. The predicted octanol–water partition coefficient (Wildman–Crippen LogP) is 0.0984. The van der Waals surface area contributed by atoms with Crippen LogP contribution < -0.4 is 10.5 Å².